The van der Waals surface area contributed by atoms with Crippen molar-refractivity contribution in [1.82, 2.24) is 15.2 Å². The van der Waals surface area contributed by atoms with Crippen molar-refractivity contribution in [3.05, 3.63) is 35.5 Å². The summed E-state index contributed by atoms with van der Waals surface area (Å²) in [6, 6.07) is 6.10. The lowest BCUT2D eigenvalue weighted by atomic mass is 9.96. The van der Waals surface area contributed by atoms with Gasteiger partial charge in [-0.3, -0.25) is 14.5 Å². The zero-order chi connectivity index (χ0) is 22.9. The fraction of sp³-hybridized carbons (Fsp3) is 0.522. The summed E-state index contributed by atoms with van der Waals surface area (Å²) < 4.78 is 18.5. The van der Waals surface area contributed by atoms with E-state index in [-0.39, 0.29) is 36.2 Å². The van der Waals surface area contributed by atoms with Crippen LogP contribution in [0.3, 0.4) is 0 Å². The molecule has 0 atom stereocenters. The van der Waals surface area contributed by atoms with Crippen LogP contribution >= 0.6 is 11.3 Å². The van der Waals surface area contributed by atoms with Crippen LogP contribution in [0.15, 0.2) is 29.6 Å². The van der Waals surface area contributed by atoms with Gasteiger partial charge in [0.1, 0.15) is 5.82 Å². The van der Waals surface area contributed by atoms with Crippen molar-refractivity contribution in [2.75, 3.05) is 38.1 Å². The first-order chi connectivity index (χ1) is 15.4. The molecular formula is C23H31FN4O3S. The Labute approximate surface area is 192 Å². The number of anilines is 1. The molecule has 9 heteroatoms. The number of halogens is 1. The van der Waals surface area contributed by atoms with E-state index in [1.165, 1.54) is 23.5 Å². The van der Waals surface area contributed by atoms with Gasteiger partial charge in [0.25, 0.3) is 0 Å². The predicted molar refractivity (Wildman–Crippen MR) is 124 cm³/mol. The third-order valence-electron chi connectivity index (χ3n) is 5.29. The topological polar surface area (TPSA) is 83.6 Å². The molecule has 1 aromatic heterocycles. The Balaban J connectivity index is 1.36. The van der Waals surface area contributed by atoms with Gasteiger partial charge in [-0.1, -0.05) is 0 Å². The third-order valence-corrected chi connectivity index (χ3v) is 6.05. The maximum absolute atomic E-state index is 13.1. The lowest BCUT2D eigenvalue weighted by Crippen LogP contribution is -2.43. The molecule has 2 amide bonds. The number of rotatable bonds is 10. The smallest absolute Gasteiger partial charge is 0.240 e. The van der Waals surface area contributed by atoms with Gasteiger partial charge in [0.15, 0.2) is 5.13 Å². The minimum Gasteiger partial charge on any atom is -0.379 e. The van der Waals surface area contributed by atoms with Gasteiger partial charge < -0.3 is 15.4 Å². The van der Waals surface area contributed by atoms with Crippen LogP contribution < -0.4 is 10.6 Å². The number of likely N-dealkylation sites (tertiary alicyclic amines) is 1. The standard InChI is InChI=1S/C23H31FN4O3S/c1-16(2)31-13-3-10-25-22(30)18-8-11-28(12-9-18)14-21(29)27-23-26-20(15-32-23)17-4-6-19(24)7-5-17/h4-7,15-16,18H,3,8-14H2,1-2H3,(H,25,30)(H,26,27,29). The summed E-state index contributed by atoms with van der Waals surface area (Å²) in [5, 5.41) is 8.18. The fourth-order valence-electron chi connectivity index (χ4n) is 3.55. The second kappa shape index (κ2) is 12.0. The lowest BCUT2D eigenvalue weighted by Gasteiger charge is -2.30. The van der Waals surface area contributed by atoms with Gasteiger partial charge in [0.2, 0.25) is 11.8 Å². The van der Waals surface area contributed by atoms with Crippen molar-refractivity contribution in [2.24, 2.45) is 5.92 Å². The maximum atomic E-state index is 13.1. The summed E-state index contributed by atoms with van der Waals surface area (Å²) in [4.78, 5) is 31.2. The third kappa shape index (κ3) is 7.65. The van der Waals surface area contributed by atoms with Crippen LogP contribution in [0.25, 0.3) is 11.3 Å². The number of aromatic nitrogens is 1. The van der Waals surface area contributed by atoms with E-state index in [1.807, 2.05) is 19.2 Å². The van der Waals surface area contributed by atoms with E-state index in [9.17, 15) is 14.0 Å². The molecule has 1 aliphatic heterocycles. The highest BCUT2D eigenvalue weighted by Crippen LogP contribution is 2.25. The van der Waals surface area contributed by atoms with Crippen molar-refractivity contribution in [3.63, 3.8) is 0 Å². The number of nitrogens with zero attached hydrogens (tertiary/aromatic N) is 2. The van der Waals surface area contributed by atoms with Crippen LogP contribution in [0.2, 0.25) is 0 Å². The van der Waals surface area contributed by atoms with E-state index in [0.29, 0.717) is 37.1 Å². The first kappa shape index (κ1) is 24.3. The molecule has 0 bridgehead atoms. The second-order valence-corrected chi connectivity index (χ2v) is 9.07. The molecule has 1 aromatic carbocycles. The van der Waals surface area contributed by atoms with Gasteiger partial charge in [-0.25, -0.2) is 9.37 Å². The highest BCUT2D eigenvalue weighted by molar-refractivity contribution is 7.14. The molecule has 0 radical (unpaired) electrons. The molecule has 0 unspecified atom stereocenters. The van der Waals surface area contributed by atoms with Crippen LogP contribution in [0.4, 0.5) is 9.52 Å². The molecule has 1 saturated heterocycles. The molecule has 3 rings (SSSR count). The monoisotopic (exact) mass is 462 g/mol. The normalized spacial score (nSPS) is 15.1. The van der Waals surface area contributed by atoms with Gasteiger partial charge in [-0.05, 0) is 70.5 Å². The summed E-state index contributed by atoms with van der Waals surface area (Å²) in [5.41, 5.74) is 1.50. The molecule has 174 valence electrons. The van der Waals surface area contributed by atoms with E-state index in [0.717, 1.165) is 24.8 Å². The Kier molecular flexibility index (Phi) is 9.13. The Morgan fingerprint density at radius 2 is 1.97 bits per heavy atom. The summed E-state index contributed by atoms with van der Waals surface area (Å²) in [6.07, 6.45) is 2.50. The van der Waals surface area contributed by atoms with Crippen LogP contribution in [-0.2, 0) is 14.3 Å². The average molecular weight is 463 g/mol. The molecule has 1 aliphatic rings. The molecule has 2 N–H and O–H groups in total. The number of benzene rings is 1. The fourth-order valence-corrected chi connectivity index (χ4v) is 4.28. The van der Waals surface area contributed by atoms with Crippen LogP contribution in [-0.4, -0.2) is 60.6 Å². The Hall–Kier alpha value is -2.36. The molecule has 0 aliphatic carbocycles. The minimum absolute atomic E-state index is 0.00226. The molecule has 32 heavy (non-hydrogen) atoms. The summed E-state index contributed by atoms with van der Waals surface area (Å²) in [7, 11) is 0. The quantitative estimate of drug-likeness (QED) is 0.528. The number of nitrogens with one attached hydrogen (secondary N) is 2. The first-order valence-corrected chi connectivity index (χ1v) is 11.9. The molecule has 7 nitrogen and oxygen atoms in total. The molecule has 2 heterocycles. The lowest BCUT2D eigenvalue weighted by molar-refractivity contribution is -0.126. The van der Waals surface area contributed by atoms with Crippen LogP contribution in [0.1, 0.15) is 33.1 Å². The number of amides is 2. The van der Waals surface area contributed by atoms with E-state index in [2.05, 4.69) is 20.5 Å². The molecule has 0 spiro atoms. The number of carbonyl (C=O) groups excluding carboxylic acids is 2. The van der Waals surface area contributed by atoms with Crippen molar-refractivity contribution >= 4 is 28.3 Å². The SMILES string of the molecule is CC(C)OCCCNC(=O)C1CCN(CC(=O)Nc2nc(-c3ccc(F)cc3)cs2)CC1. The van der Waals surface area contributed by atoms with Crippen molar-refractivity contribution in [2.45, 2.75) is 39.2 Å². The number of hydrogen-bond acceptors (Lipinski definition) is 6. The zero-order valence-corrected chi connectivity index (χ0v) is 19.4. The Morgan fingerprint density at radius 1 is 1.25 bits per heavy atom. The Morgan fingerprint density at radius 3 is 2.66 bits per heavy atom. The number of thiazole rings is 1. The number of hydrogen-bond donors (Lipinski definition) is 2. The molecule has 1 fully saturated rings. The average Bonchev–Trinajstić information content (AvgIpc) is 3.22. The highest BCUT2D eigenvalue weighted by Gasteiger charge is 2.25. The molecule has 0 saturated carbocycles. The molecule has 2 aromatic rings. The Bertz CT molecular complexity index is 880. The highest BCUT2D eigenvalue weighted by atomic mass is 32.1. The van der Waals surface area contributed by atoms with Crippen molar-refractivity contribution in [3.8, 4) is 11.3 Å². The second-order valence-electron chi connectivity index (χ2n) is 8.21. The van der Waals surface area contributed by atoms with Crippen molar-refractivity contribution < 1.29 is 18.7 Å². The summed E-state index contributed by atoms with van der Waals surface area (Å²) in [6.45, 7) is 6.95. The minimum atomic E-state index is -0.296. The molecular weight excluding hydrogens is 431 g/mol. The van der Waals surface area contributed by atoms with E-state index in [1.54, 1.807) is 12.1 Å². The summed E-state index contributed by atoms with van der Waals surface area (Å²) >= 11 is 1.34. The van der Waals surface area contributed by atoms with Crippen LogP contribution in [0, 0.1) is 11.7 Å². The summed E-state index contributed by atoms with van der Waals surface area (Å²) in [5.74, 6) is -0.333. The van der Waals surface area contributed by atoms with E-state index < -0.39 is 0 Å². The largest absolute Gasteiger partial charge is 0.379 e. The predicted octanol–water partition coefficient (Wildman–Crippen LogP) is 3.53. The number of ether oxygens (including phenoxy) is 1. The van der Waals surface area contributed by atoms with E-state index in [4.69, 9.17) is 4.74 Å². The zero-order valence-electron chi connectivity index (χ0n) is 18.6. The van der Waals surface area contributed by atoms with Gasteiger partial charge in [-0.15, -0.1) is 11.3 Å². The van der Waals surface area contributed by atoms with E-state index >= 15 is 0 Å². The van der Waals surface area contributed by atoms with Crippen molar-refractivity contribution in [1.29, 1.82) is 0 Å². The number of carbonyl (C=O) groups is 2. The first-order valence-electron chi connectivity index (χ1n) is 11.0. The van der Waals surface area contributed by atoms with Gasteiger partial charge in [0, 0.05) is 30.0 Å². The van der Waals surface area contributed by atoms with Gasteiger partial charge >= 0.3 is 0 Å². The number of piperidine rings is 1. The van der Waals surface area contributed by atoms with Crippen LogP contribution in [0.5, 0.6) is 0 Å². The van der Waals surface area contributed by atoms with Gasteiger partial charge in [0.05, 0.1) is 18.3 Å². The van der Waals surface area contributed by atoms with Gasteiger partial charge in [-0.2, -0.15) is 0 Å². The maximum Gasteiger partial charge on any atom is 0.240 e.